The molecule has 0 amide bonds. The number of carbonyl (C=O) groups excluding carboxylic acids is 1. The molecular weight excluding hydrogens is 540 g/mol. The van der Waals surface area contributed by atoms with Crippen molar-refractivity contribution in [1.29, 1.82) is 0 Å². The maximum atomic E-state index is 13.7. The van der Waals surface area contributed by atoms with E-state index in [1.165, 1.54) is 12.1 Å². The molecule has 0 fully saturated rings. The van der Waals surface area contributed by atoms with E-state index in [-0.39, 0.29) is 47.0 Å². The van der Waals surface area contributed by atoms with Gasteiger partial charge in [0, 0.05) is 41.2 Å². The molecule has 4 rings (SSSR count). The van der Waals surface area contributed by atoms with Gasteiger partial charge in [-0.15, -0.1) is 12.4 Å². The number of hydrogen-bond acceptors (Lipinski definition) is 5. The zero-order valence-corrected chi connectivity index (χ0v) is 25.1. The van der Waals surface area contributed by atoms with Crippen LogP contribution >= 0.6 is 12.4 Å². The zero-order valence-electron chi connectivity index (χ0n) is 24.3. The normalized spacial score (nSPS) is 12.2. The lowest BCUT2D eigenvalue weighted by molar-refractivity contribution is -0.384. The number of rotatable bonds is 7. The van der Waals surface area contributed by atoms with Crippen molar-refractivity contribution in [3.05, 3.63) is 117 Å². The van der Waals surface area contributed by atoms with E-state index >= 15 is 0 Å². The molecule has 4 aromatic rings. The number of aromatic hydroxyl groups is 1. The van der Waals surface area contributed by atoms with Gasteiger partial charge in [0.15, 0.2) is 5.78 Å². The number of imidazole rings is 1. The molecule has 41 heavy (non-hydrogen) atoms. The molecule has 0 saturated heterocycles. The highest BCUT2D eigenvalue weighted by Gasteiger charge is 2.28. The fourth-order valence-electron chi connectivity index (χ4n) is 4.56. The first kappa shape index (κ1) is 31.4. The second-order valence-corrected chi connectivity index (χ2v) is 12.1. The molecule has 1 N–H and O–H groups in total. The quantitative estimate of drug-likeness (QED) is 0.144. The summed E-state index contributed by atoms with van der Waals surface area (Å²) in [5, 5.41) is 22.2. The molecule has 0 saturated carbocycles. The van der Waals surface area contributed by atoms with Gasteiger partial charge in [-0.25, -0.2) is 4.99 Å². The lowest BCUT2D eigenvalue weighted by Gasteiger charge is -2.28. The molecule has 0 bridgehead atoms. The van der Waals surface area contributed by atoms with Crippen LogP contribution in [0, 0.1) is 10.1 Å². The van der Waals surface area contributed by atoms with Crippen molar-refractivity contribution in [3.8, 4) is 5.75 Å². The van der Waals surface area contributed by atoms with Gasteiger partial charge in [0.05, 0.1) is 23.7 Å². The topological polar surface area (TPSA) is 103 Å². The minimum Gasteiger partial charge on any atom is -0.507 e. The summed E-state index contributed by atoms with van der Waals surface area (Å²) in [5.74, 6) is 0.116. The van der Waals surface area contributed by atoms with E-state index in [0.29, 0.717) is 23.4 Å². The lowest BCUT2D eigenvalue weighted by atomic mass is 9.78. The summed E-state index contributed by atoms with van der Waals surface area (Å²) in [7, 11) is 0. The summed E-state index contributed by atoms with van der Waals surface area (Å²) in [6, 6.07) is 19.5. The molecular formula is C32H37ClN4O4. The van der Waals surface area contributed by atoms with E-state index in [1.54, 1.807) is 28.8 Å². The summed E-state index contributed by atoms with van der Waals surface area (Å²) < 4.78 is 3.73. The summed E-state index contributed by atoms with van der Waals surface area (Å²) in [4.78, 5) is 29.2. The monoisotopic (exact) mass is 576 g/mol. The predicted octanol–water partition coefficient (Wildman–Crippen LogP) is 7.08. The largest absolute Gasteiger partial charge is 0.507 e. The van der Waals surface area contributed by atoms with Gasteiger partial charge >= 0.3 is 0 Å². The van der Waals surface area contributed by atoms with Gasteiger partial charge in [0.2, 0.25) is 5.62 Å². The van der Waals surface area contributed by atoms with Crippen molar-refractivity contribution in [2.24, 2.45) is 4.99 Å². The highest BCUT2D eigenvalue weighted by atomic mass is 35.5. The van der Waals surface area contributed by atoms with E-state index in [4.69, 9.17) is 4.99 Å². The number of nitro groups is 1. The Hall–Kier alpha value is -4.17. The fourth-order valence-corrected chi connectivity index (χ4v) is 4.56. The second kappa shape index (κ2) is 12.1. The van der Waals surface area contributed by atoms with Gasteiger partial charge in [-0.2, -0.15) is 0 Å². The van der Waals surface area contributed by atoms with Crippen LogP contribution in [0.3, 0.4) is 0 Å². The van der Waals surface area contributed by atoms with Crippen LogP contribution in [-0.4, -0.2) is 24.9 Å². The third kappa shape index (κ3) is 7.32. The Morgan fingerprint density at radius 3 is 1.93 bits per heavy atom. The lowest BCUT2D eigenvalue weighted by Crippen LogP contribution is -2.29. The number of nitrogens with zero attached hydrogens (tertiary/aromatic N) is 4. The van der Waals surface area contributed by atoms with Crippen molar-refractivity contribution < 1.29 is 14.8 Å². The van der Waals surface area contributed by atoms with E-state index in [9.17, 15) is 20.0 Å². The molecule has 0 atom stereocenters. The Bertz CT molecular complexity index is 1570. The third-order valence-electron chi connectivity index (χ3n) is 6.79. The first-order valence-corrected chi connectivity index (χ1v) is 13.2. The number of ketones is 1. The van der Waals surface area contributed by atoms with E-state index < -0.39 is 4.92 Å². The molecule has 8 nitrogen and oxygen atoms in total. The molecule has 0 unspecified atom stereocenters. The number of carbonyl (C=O) groups is 1. The Balaban J connectivity index is 0.00000462. The Morgan fingerprint density at radius 1 is 0.878 bits per heavy atom. The molecule has 0 spiro atoms. The standard InChI is InChI=1S/C32H36N4O4.ClH/c1-31(2,3)26-18-23(19-27(29(26)38)32(4,5)6)28(37)21-35-17-16-34(20-22-10-8-7-9-11-22)30(35)33-24-12-14-25(15-13-24)36(39)40;/h7-19,38H,20-21H2,1-6H3;1H. The number of phenols is 1. The number of aromatic nitrogens is 2. The number of benzene rings is 3. The minimum absolute atomic E-state index is 0. The smallest absolute Gasteiger partial charge is 0.269 e. The third-order valence-corrected chi connectivity index (χ3v) is 6.79. The van der Waals surface area contributed by atoms with Gasteiger partial charge in [-0.3, -0.25) is 14.9 Å². The first-order chi connectivity index (χ1) is 18.7. The zero-order chi connectivity index (χ0) is 29.2. The van der Waals surface area contributed by atoms with Crippen LogP contribution < -0.4 is 5.62 Å². The summed E-state index contributed by atoms with van der Waals surface area (Å²) in [5.41, 5.74) is 3.39. The highest BCUT2D eigenvalue weighted by molar-refractivity contribution is 5.96. The number of halogens is 1. The Morgan fingerprint density at radius 2 is 1.41 bits per heavy atom. The number of phenolic OH excluding ortho intramolecular Hbond substituents is 1. The molecule has 0 aliphatic heterocycles. The number of Topliss-reactive ketones (excluding diaryl/α,β-unsaturated/α-hetero) is 1. The number of nitro benzene ring substituents is 1. The number of non-ortho nitro benzene ring substituents is 1. The Kier molecular flexibility index (Phi) is 9.29. The SMILES string of the molecule is CC(C)(C)c1cc(C(=O)Cn2ccn(Cc3ccccc3)c2=Nc2ccc([N+](=O)[O-])cc2)cc(C(C)(C)C)c1O.Cl. The molecule has 1 heterocycles. The van der Waals surface area contributed by atoms with Crippen molar-refractivity contribution in [1.82, 2.24) is 9.13 Å². The van der Waals surface area contributed by atoms with Gasteiger partial charge in [0.1, 0.15) is 5.75 Å². The molecule has 0 aliphatic rings. The van der Waals surface area contributed by atoms with Crippen LogP contribution in [0.25, 0.3) is 0 Å². The van der Waals surface area contributed by atoms with Gasteiger partial charge in [-0.1, -0.05) is 71.9 Å². The maximum absolute atomic E-state index is 13.7. The average molecular weight is 577 g/mol. The molecule has 1 aromatic heterocycles. The van der Waals surface area contributed by atoms with Crippen LogP contribution in [0.4, 0.5) is 11.4 Å². The van der Waals surface area contributed by atoms with Crippen molar-refractivity contribution in [2.75, 3.05) is 0 Å². The predicted molar refractivity (Wildman–Crippen MR) is 163 cm³/mol. The van der Waals surface area contributed by atoms with Crippen LogP contribution in [-0.2, 0) is 23.9 Å². The summed E-state index contributed by atoms with van der Waals surface area (Å²) >= 11 is 0. The Labute approximate surface area is 246 Å². The van der Waals surface area contributed by atoms with Gasteiger partial charge < -0.3 is 14.2 Å². The minimum atomic E-state index is -0.448. The van der Waals surface area contributed by atoms with Crippen molar-refractivity contribution in [3.63, 3.8) is 0 Å². The first-order valence-electron chi connectivity index (χ1n) is 13.2. The van der Waals surface area contributed by atoms with Crippen LogP contribution in [0.15, 0.2) is 84.1 Å². The second-order valence-electron chi connectivity index (χ2n) is 12.1. The highest BCUT2D eigenvalue weighted by Crippen LogP contribution is 2.40. The van der Waals surface area contributed by atoms with Crippen molar-refractivity contribution >= 4 is 29.6 Å². The molecule has 3 aromatic carbocycles. The van der Waals surface area contributed by atoms with Gasteiger partial charge in [-0.05, 0) is 40.7 Å². The van der Waals surface area contributed by atoms with Crippen LogP contribution in [0.5, 0.6) is 5.75 Å². The van der Waals surface area contributed by atoms with E-state index in [1.807, 2.05) is 88.8 Å². The van der Waals surface area contributed by atoms with E-state index in [0.717, 1.165) is 16.7 Å². The van der Waals surface area contributed by atoms with Crippen LogP contribution in [0.2, 0.25) is 0 Å². The van der Waals surface area contributed by atoms with Gasteiger partial charge in [0.25, 0.3) is 5.69 Å². The summed E-state index contributed by atoms with van der Waals surface area (Å²) in [6.45, 7) is 12.7. The fraction of sp³-hybridized carbons (Fsp3) is 0.312. The van der Waals surface area contributed by atoms with Crippen LogP contribution in [0.1, 0.15) is 68.6 Å². The molecule has 216 valence electrons. The molecule has 9 heteroatoms. The van der Waals surface area contributed by atoms with E-state index in [2.05, 4.69) is 0 Å². The van der Waals surface area contributed by atoms with Crippen molar-refractivity contribution in [2.45, 2.75) is 65.5 Å². The molecule has 0 aliphatic carbocycles. The summed E-state index contributed by atoms with van der Waals surface area (Å²) in [6.07, 6.45) is 3.70. The molecule has 0 radical (unpaired) electrons. The number of hydrogen-bond donors (Lipinski definition) is 1. The average Bonchev–Trinajstić information content (AvgIpc) is 3.23. The maximum Gasteiger partial charge on any atom is 0.269 e.